The summed E-state index contributed by atoms with van der Waals surface area (Å²) in [6, 6.07) is 3.31. The molecule has 1 aromatic rings. The molecule has 0 fully saturated rings. The van der Waals surface area contributed by atoms with Crippen molar-refractivity contribution in [3.8, 4) is 0 Å². The number of carbonyl (C=O) groups is 1. The predicted octanol–water partition coefficient (Wildman–Crippen LogP) is 1.45. The number of carboxylic acid groups (broad SMARTS) is 1. The Labute approximate surface area is 107 Å². The smallest absolute Gasteiger partial charge is 0.303 e. The number of aliphatic carboxylic acids is 1. The first kappa shape index (κ1) is 13.9. The van der Waals surface area contributed by atoms with Crippen LogP contribution >= 0.6 is 15.9 Å². The maximum absolute atomic E-state index is 11.6. The van der Waals surface area contributed by atoms with Crippen molar-refractivity contribution in [2.45, 2.75) is 12.8 Å². The summed E-state index contributed by atoms with van der Waals surface area (Å²) in [5.41, 5.74) is 0. The molecule has 0 aromatic carbocycles. The lowest BCUT2D eigenvalue weighted by Crippen LogP contribution is -2.18. The predicted molar refractivity (Wildman–Crippen MR) is 66.2 cm³/mol. The number of hydrogen-bond acceptors (Lipinski definition) is 4. The zero-order valence-corrected chi connectivity index (χ0v) is 11.2. The average molecular weight is 323 g/mol. The van der Waals surface area contributed by atoms with Crippen LogP contribution in [-0.2, 0) is 14.8 Å². The second-order valence-corrected chi connectivity index (χ2v) is 5.95. The van der Waals surface area contributed by atoms with Crippen molar-refractivity contribution in [2.75, 3.05) is 10.5 Å². The molecule has 0 amide bonds. The van der Waals surface area contributed by atoms with Crippen molar-refractivity contribution in [1.82, 2.24) is 4.98 Å². The van der Waals surface area contributed by atoms with Crippen molar-refractivity contribution in [3.63, 3.8) is 0 Å². The molecule has 0 bridgehead atoms. The molecule has 0 atom stereocenters. The van der Waals surface area contributed by atoms with Gasteiger partial charge in [0.15, 0.2) is 5.82 Å². The first-order valence-corrected chi connectivity index (χ1v) is 7.18. The molecule has 1 heterocycles. The minimum absolute atomic E-state index is 0.0646. The lowest BCUT2D eigenvalue weighted by Gasteiger charge is -2.07. The Balaban J connectivity index is 2.61. The molecule has 94 valence electrons. The number of hydrogen-bond donors (Lipinski definition) is 2. The highest BCUT2D eigenvalue weighted by Crippen LogP contribution is 2.19. The molecule has 0 aliphatic carbocycles. The molecule has 2 N–H and O–H groups in total. The van der Waals surface area contributed by atoms with Crippen LogP contribution < -0.4 is 4.72 Å². The summed E-state index contributed by atoms with van der Waals surface area (Å²) < 4.78 is 25.9. The van der Waals surface area contributed by atoms with Gasteiger partial charge in [-0.1, -0.05) is 0 Å². The summed E-state index contributed by atoms with van der Waals surface area (Å²) in [5, 5.41) is 8.41. The molecule has 0 spiro atoms. The van der Waals surface area contributed by atoms with Gasteiger partial charge in [0.05, 0.1) is 10.2 Å². The van der Waals surface area contributed by atoms with Gasteiger partial charge in [0, 0.05) is 12.6 Å². The van der Waals surface area contributed by atoms with Gasteiger partial charge >= 0.3 is 5.97 Å². The molecule has 6 nitrogen and oxygen atoms in total. The van der Waals surface area contributed by atoms with Crippen LogP contribution in [0.15, 0.2) is 22.8 Å². The van der Waals surface area contributed by atoms with Crippen LogP contribution in [0, 0.1) is 0 Å². The van der Waals surface area contributed by atoms with Crippen molar-refractivity contribution in [3.05, 3.63) is 22.8 Å². The van der Waals surface area contributed by atoms with E-state index in [4.69, 9.17) is 5.11 Å². The SMILES string of the molecule is O=C(O)CCCS(=O)(=O)Nc1ncccc1Br. The second kappa shape index (κ2) is 5.97. The number of rotatable bonds is 6. The van der Waals surface area contributed by atoms with Gasteiger partial charge in [-0.2, -0.15) is 0 Å². The van der Waals surface area contributed by atoms with E-state index in [1.54, 1.807) is 12.1 Å². The molecule has 0 aliphatic rings. The molecule has 1 rings (SSSR count). The maximum atomic E-state index is 11.6. The van der Waals surface area contributed by atoms with E-state index >= 15 is 0 Å². The third kappa shape index (κ3) is 5.14. The standard InChI is InChI=1S/C9H11BrN2O4S/c10-7-3-1-5-11-9(7)12-17(15,16)6-2-4-8(13)14/h1,3,5H,2,4,6H2,(H,11,12)(H,13,14). The van der Waals surface area contributed by atoms with Crippen LogP contribution in [0.5, 0.6) is 0 Å². The number of anilines is 1. The number of nitrogens with one attached hydrogen (secondary N) is 1. The number of nitrogens with zero attached hydrogens (tertiary/aromatic N) is 1. The molecule has 1 aromatic heterocycles. The normalized spacial score (nSPS) is 11.1. The van der Waals surface area contributed by atoms with E-state index in [2.05, 4.69) is 25.6 Å². The van der Waals surface area contributed by atoms with Crippen LogP contribution in [0.2, 0.25) is 0 Å². The van der Waals surface area contributed by atoms with E-state index in [0.29, 0.717) is 4.47 Å². The van der Waals surface area contributed by atoms with Crippen LogP contribution in [0.4, 0.5) is 5.82 Å². The Hall–Kier alpha value is -1.15. The minimum atomic E-state index is -3.56. The van der Waals surface area contributed by atoms with E-state index in [0.717, 1.165) is 0 Å². The quantitative estimate of drug-likeness (QED) is 0.826. The highest BCUT2D eigenvalue weighted by atomic mass is 79.9. The molecule has 8 heteroatoms. The lowest BCUT2D eigenvalue weighted by molar-refractivity contribution is -0.137. The number of aromatic nitrogens is 1. The molecule has 0 saturated carbocycles. The van der Waals surface area contributed by atoms with Crippen molar-refractivity contribution in [2.24, 2.45) is 0 Å². The van der Waals surface area contributed by atoms with Gasteiger partial charge in [-0.25, -0.2) is 13.4 Å². The summed E-state index contributed by atoms with van der Waals surface area (Å²) in [7, 11) is -3.56. The van der Waals surface area contributed by atoms with E-state index in [9.17, 15) is 13.2 Å². The number of sulfonamides is 1. The Bertz CT molecular complexity index is 503. The molecular weight excluding hydrogens is 312 g/mol. The summed E-state index contributed by atoms with van der Waals surface area (Å²) in [5.74, 6) is -1.07. The molecule has 0 radical (unpaired) electrons. The van der Waals surface area contributed by atoms with E-state index in [-0.39, 0.29) is 24.4 Å². The zero-order chi connectivity index (χ0) is 12.9. The second-order valence-electron chi connectivity index (χ2n) is 3.25. The van der Waals surface area contributed by atoms with Crippen molar-refractivity contribution in [1.29, 1.82) is 0 Å². The van der Waals surface area contributed by atoms with Gasteiger partial charge < -0.3 is 5.11 Å². The lowest BCUT2D eigenvalue weighted by atomic mass is 10.3. The number of carboxylic acids is 1. The van der Waals surface area contributed by atoms with Crippen LogP contribution in [0.3, 0.4) is 0 Å². The Morgan fingerprint density at radius 1 is 1.53 bits per heavy atom. The van der Waals surface area contributed by atoms with E-state index in [1.807, 2.05) is 0 Å². The fourth-order valence-electron chi connectivity index (χ4n) is 1.07. The van der Waals surface area contributed by atoms with Crippen LogP contribution in [0.1, 0.15) is 12.8 Å². The highest BCUT2D eigenvalue weighted by Gasteiger charge is 2.13. The molecule has 0 aliphatic heterocycles. The van der Waals surface area contributed by atoms with Crippen molar-refractivity contribution >= 4 is 37.7 Å². The van der Waals surface area contributed by atoms with Gasteiger partial charge in [-0.3, -0.25) is 9.52 Å². The molecule has 0 saturated heterocycles. The third-order valence-corrected chi connectivity index (χ3v) is 3.78. The van der Waals surface area contributed by atoms with Gasteiger partial charge in [0.1, 0.15) is 0 Å². The fourth-order valence-corrected chi connectivity index (χ4v) is 2.64. The molecular formula is C9H11BrN2O4S. The Morgan fingerprint density at radius 3 is 2.82 bits per heavy atom. The van der Waals surface area contributed by atoms with E-state index < -0.39 is 16.0 Å². The minimum Gasteiger partial charge on any atom is -0.481 e. The average Bonchev–Trinajstić information content (AvgIpc) is 2.20. The first-order valence-electron chi connectivity index (χ1n) is 4.73. The molecule has 0 unspecified atom stereocenters. The third-order valence-electron chi connectivity index (χ3n) is 1.81. The summed E-state index contributed by atoms with van der Waals surface area (Å²) in [6.07, 6.45) is 1.35. The topological polar surface area (TPSA) is 96.4 Å². The summed E-state index contributed by atoms with van der Waals surface area (Å²) in [6.45, 7) is 0. The van der Waals surface area contributed by atoms with Crippen molar-refractivity contribution < 1.29 is 18.3 Å². The van der Waals surface area contributed by atoms with Crippen LogP contribution in [0.25, 0.3) is 0 Å². The van der Waals surface area contributed by atoms with Crippen LogP contribution in [-0.4, -0.2) is 30.2 Å². The van der Waals surface area contributed by atoms with Gasteiger partial charge in [0.2, 0.25) is 10.0 Å². The monoisotopic (exact) mass is 322 g/mol. The maximum Gasteiger partial charge on any atom is 0.303 e. The largest absolute Gasteiger partial charge is 0.481 e. The molecule has 17 heavy (non-hydrogen) atoms. The number of pyridine rings is 1. The fraction of sp³-hybridized carbons (Fsp3) is 0.333. The zero-order valence-electron chi connectivity index (χ0n) is 8.76. The Morgan fingerprint density at radius 2 is 2.24 bits per heavy atom. The highest BCUT2D eigenvalue weighted by molar-refractivity contribution is 9.10. The number of halogens is 1. The summed E-state index contributed by atoms with van der Waals surface area (Å²) >= 11 is 3.16. The van der Waals surface area contributed by atoms with Gasteiger partial charge in [0.25, 0.3) is 0 Å². The van der Waals surface area contributed by atoms with Gasteiger partial charge in [-0.05, 0) is 34.5 Å². The first-order chi connectivity index (χ1) is 7.91. The Kier molecular flexibility index (Phi) is 4.88. The van der Waals surface area contributed by atoms with Gasteiger partial charge in [-0.15, -0.1) is 0 Å². The van der Waals surface area contributed by atoms with E-state index in [1.165, 1.54) is 6.20 Å². The summed E-state index contributed by atoms with van der Waals surface area (Å²) in [4.78, 5) is 14.1.